The van der Waals surface area contributed by atoms with Crippen LogP contribution in [0, 0.1) is 0 Å². The summed E-state index contributed by atoms with van der Waals surface area (Å²) in [5, 5.41) is 9.92. The maximum atomic E-state index is 11.1. The smallest absolute Gasteiger partial charge is 0.314 e. The Morgan fingerprint density at radius 3 is 2.33 bits per heavy atom. The standard InChI is InChI=1S/C14H26N6O/c21-14-16-13(17-18-14)12-2-8-19(9-3-12)6-1-7-20-10-4-15-5-11-20/h12,15H,1-11H2,(H2,16,17,18,21). The van der Waals surface area contributed by atoms with Gasteiger partial charge in [0.2, 0.25) is 0 Å². The van der Waals surface area contributed by atoms with Crippen LogP contribution in [0.25, 0.3) is 0 Å². The third kappa shape index (κ3) is 4.15. The summed E-state index contributed by atoms with van der Waals surface area (Å²) < 4.78 is 0. The van der Waals surface area contributed by atoms with Crippen molar-refractivity contribution in [2.75, 3.05) is 52.4 Å². The molecule has 0 bridgehead atoms. The second kappa shape index (κ2) is 7.20. The van der Waals surface area contributed by atoms with E-state index in [0.717, 1.165) is 44.8 Å². The molecule has 0 amide bonds. The SMILES string of the molecule is O=c1[nH]nc(C2CCN(CCCN3CCNCC3)CC2)[nH]1. The molecule has 7 nitrogen and oxygen atoms in total. The van der Waals surface area contributed by atoms with E-state index in [9.17, 15) is 4.79 Å². The molecule has 2 fully saturated rings. The number of piperidine rings is 1. The zero-order valence-corrected chi connectivity index (χ0v) is 12.6. The topological polar surface area (TPSA) is 80.1 Å². The Labute approximate surface area is 125 Å². The van der Waals surface area contributed by atoms with Crippen molar-refractivity contribution in [1.82, 2.24) is 30.3 Å². The molecule has 0 radical (unpaired) electrons. The van der Waals surface area contributed by atoms with Crippen molar-refractivity contribution in [2.24, 2.45) is 0 Å². The Balaban J connectivity index is 1.35. The third-order valence-corrected chi connectivity index (χ3v) is 4.65. The number of nitrogens with one attached hydrogen (secondary N) is 3. The van der Waals surface area contributed by atoms with Crippen molar-refractivity contribution in [3.8, 4) is 0 Å². The molecule has 7 heteroatoms. The van der Waals surface area contributed by atoms with E-state index >= 15 is 0 Å². The molecule has 21 heavy (non-hydrogen) atoms. The normalized spacial score (nSPS) is 22.7. The molecule has 3 rings (SSSR count). The fourth-order valence-electron chi connectivity index (χ4n) is 3.36. The zero-order chi connectivity index (χ0) is 14.5. The van der Waals surface area contributed by atoms with Crippen LogP contribution in [0.2, 0.25) is 0 Å². The lowest BCUT2D eigenvalue weighted by molar-refractivity contribution is 0.183. The molecule has 3 N–H and O–H groups in total. The second-order valence-electron chi connectivity index (χ2n) is 6.12. The average Bonchev–Trinajstić information content (AvgIpc) is 2.96. The van der Waals surface area contributed by atoms with E-state index in [1.54, 1.807) is 0 Å². The van der Waals surface area contributed by atoms with Gasteiger partial charge in [-0.25, -0.2) is 9.89 Å². The Hall–Kier alpha value is -1.18. The number of hydrogen-bond donors (Lipinski definition) is 3. The summed E-state index contributed by atoms with van der Waals surface area (Å²) in [5.41, 5.74) is -0.191. The monoisotopic (exact) mass is 294 g/mol. The van der Waals surface area contributed by atoms with Crippen molar-refractivity contribution in [1.29, 1.82) is 0 Å². The second-order valence-corrected chi connectivity index (χ2v) is 6.12. The first-order chi connectivity index (χ1) is 10.3. The highest BCUT2D eigenvalue weighted by atomic mass is 16.1. The summed E-state index contributed by atoms with van der Waals surface area (Å²) in [6, 6.07) is 0. The minimum absolute atomic E-state index is 0.191. The zero-order valence-electron chi connectivity index (χ0n) is 12.6. The van der Waals surface area contributed by atoms with Crippen LogP contribution in [0.3, 0.4) is 0 Å². The minimum atomic E-state index is -0.191. The van der Waals surface area contributed by atoms with Gasteiger partial charge in [-0.05, 0) is 45.4 Å². The maximum Gasteiger partial charge on any atom is 0.340 e. The van der Waals surface area contributed by atoms with Crippen molar-refractivity contribution >= 4 is 0 Å². The molecular formula is C14H26N6O. The van der Waals surface area contributed by atoms with Gasteiger partial charge in [-0.1, -0.05) is 0 Å². The van der Waals surface area contributed by atoms with E-state index < -0.39 is 0 Å². The van der Waals surface area contributed by atoms with Gasteiger partial charge in [0.15, 0.2) is 0 Å². The van der Waals surface area contributed by atoms with E-state index in [0.29, 0.717) is 5.92 Å². The number of rotatable bonds is 5. The highest BCUT2D eigenvalue weighted by Gasteiger charge is 2.22. The minimum Gasteiger partial charge on any atom is -0.314 e. The van der Waals surface area contributed by atoms with Gasteiger partial charge >= 0.3 is 5.69 Å². The van der Waals surface area contributed by atoms with Gasteiger partial charge in [0.05, 0.1) is 0 Å². The number of aromatic nitrogens is 3. The molecule has 118 valence electrons. The number of piperazine rings is 1. The number of H-pyrrole nitrogens is 2. The van der Waals surface area contributed by atoms with E-state index in [4.69, 9.17) is 0 Å². The Bertz CT molecular complexity index is 470. The van der Waals surface area contributed by atoms with Crippen molar-refractivity contribution < 1.29 is 0 Å². The first-order valence-electron chi connectivity index (χ1n) is 8.11. The first-order valence-corrected chi connectivity index (χ1v) is 8.11. The summed E-state index contributed by atoms with van der Waals surface area (Å²) in [6.07, 6.45) is 3.44. The molecule has 0 spiro atoms. The van der Waals surface area contributed by atoms with Gasteiger partial charge in [-0.15, -0.1) is 0 Å². The molecule has 0 atom stereocenters. The van der Waals surface area contributed by atoms with Crippen LogP contribution in [-0.2, 0) is 0 Å². The summed E-state index contributed by atoms with van der Waals surface area (Å²) >= 11 is 0. The first kappa shape index (κ1) is 14.7. The predicted molar refractivity (Wildman–Crippen MR) is 81.6 cm³/mol. The van der Waals surface area contributed by atoms with Crippen molar-refractivity contribution in [3.63, 3.8) is 0 Å². The van der Waals surface area contributed by atoms with Crippen LogP contribution < -0.4 is 11.0 Å². The van der Waals surface area contributed by atoms with Crippen LogP contribution in [0.4, 0.5) is 0 Å². The van der Waals surface area contributed by atoms with Crippen LogP contribution in [0.5, 0.6) is 0 Å². The fraction of sp³-hybridized carbons (Fsp3) is 0.857. The molecule has 0 aromatic carbocycles. The number of aromatic amines is 2. The van der Waals surface area contributed by atoms with Crippen LogP contribution in [-0.4, -0.2) is 77.3 Å². The van der Waals surface area contributed by atoms with Gasteiger partial charge in [-0.3, -0.25) is 4.98 Å². The van der Waals surface area contributed by atoms with Crippen molar-refractivity contribution in [2.45, 2.75) is 25.2 Å². The molecule has 0 unspecified atom stereocenters. The summed E-state index contributed by atoms with van der Waals surface area (Å²) in [6.45, 7) is 9.27. The van der Waals surface area contributed by atoms with Gasteiger partial charge in [0.25, 0.3) is 0 Å². The molecule has 2 aliphatic rings. The number of likely N-dealkylation sites (tertiary alicyclic amines) is 1. The van der Waals surface area contributed by atoms with Gasteiger partial charge in [0, 0.05) is 32.1 Å². The van der Waals surface area contributed by atoms with Crippen LogP contribution in [0.15, 0.2) is 4.79 Å². The molecule has 0 aliphatic carbocycles. The highest BCUT2D eigenvalue weighted by Crippen LogP contribution is 2.24. The highest BCUT2D eigenvalue weighted by molar-refractivity contribution is 4.95. The summed E-state index contributed by atoms with van der Waals surface area (Å²) in [7, 11) is 0. The van der Waals surface area contributed by atoms with Crippen molar-refractivity contribution in [3.05, 3.63) is 16.3 Å². The molecule has 2 saturated heterocycles. The van der Waals surface area contributed by atoms with E-state index in [2.05, 4.69) is 30.3 Å². The van der Waals surface area contributed by atoms with Gasteiger partial charge in [0.1, 0.15) is 5.82 Å². The molecule has 1 aromatic heterocycles. The Morgan fingerprint density at radius 1 is 1.05 bits per heavy atom. The molecular weight excluding hydrogens is 268 g/mol. The Morgan fingerprint density at radius 2 is 1.71 bits per heavy atom. The maximum absolute atomic E-state index is 11.1. The average molecular weight is 294 g/mol. The largest absolute Gasteiger partial charge is 0.340 e. The molecule has 0 saturated carbocycles. The summed E-state index contributed by atoms with van der Waals surface area (Å²) in [4.78, 5) is 19.0. The molecule has 3 heterocycles. The third-order valence-electron chi connectivity index (χ3n) is 4.65. The lowest BCUT2D eigenvalue weighted by atomic mass is 9.96. The Kier molecular flexibility index (Phi) is 5.05. The van der Waals surface area contributed by atoms with E-state index in [1.165, 1.54) is 32.6 Å². The quantitative estimate of drug-likeness (QED) is 0.687. The molecule has 1 aromatic rings. The van der Waals surface area contributed by atoms with E-state index in [-0.39, 0.29) is 5.69 Å². The lowest BCUT2D eigenvalue weighted by Gasteiger charge is -2.32. The number of nitrogens with zero attached hydrogens (tertiary/aromatic N) is 3. The van der Waals surface area contributed by atoms with E-state index in [1.807, 2.05) is 0 Å². The fourth-order valence-corrected chi connectivity index (χ4v) is 3.36. The van der Waals surface area contributed by atoms with Crippen LogP contribution in [0.1, 0.15) is 31.0 Å². The van der Waals surface area contributed by atoms with Crippen LogP contribution >= 0.6 is 0 Å². The molecule has 2 aliphatic heterocycles. The van der Waals surface area contributed by atoms with Gasteiger partial charge in [-0.2, -0.15) is 5.10 Å². The summed E-state index contributed by atoms with van der Waals surface area (Å²) in [5.74, 6) is 1.24. The predicted octanol–water partition coefficient (Wildman–Crippen LogP) is -0.427. The number of hydrogen-bond acceptors (Lipinski definition) is 5. The lowest BCUT2D eigenvalue weighted by Crippen LogP contribution is -2.44. The van der Waals surface area contributed by atoms with Gasteiger partial charge < -0.3 is 15.1 Å².